The van der Waals surface area contributed by atoms with Gasteiger partial charge in [0.2, 0.25) is 0 Å². The number of halogens is 1. The van der Waals surface area contributed by atoms with Crippen molar-refractivity contribution in [2.45, 2.75) is 12.3 Å². The molecule has 0 saturated carbocycles. The molecule has 4 rings (SSSR count). The molecule has 1 unspecified atom stereocenters. The Hall–Kier alpha value is -2.89. The molecule has 122 valence electrons. The van der Waals surface area contributed by atoms with Gasteiger partial charge in [0.05, 0.1) is 11.8 Å². The van der Waals surface area contributed by atoms with Crippen LogP contribution in [0.4, 0.5) is 4.39 Å². The van der Waals surface area contributed by atoms with Crippen molar-refractivity contribution in [2.24, 2.45) is 0 Å². The number of carbonyl (C=O) groups is 1. The van der Waals surface area contributed by atoms with Crippen molar-refractivity contribution in [3.8, 4) is 0 Å². The number of nitrogens with one attached hydrogen (secondary N) is 1. The molecule has 2 aromatic heterocycles. The predicted molar refractivity (Wildman–Crippen MR) is 86.5 cm³/mol. The Morgan fingerprint density at radius 2 is 2.17 bits per heavy atom. The van der Waals surface area contributed by atoms with Crippen molar-refractivity contribution in [1.82, 2.24) is 9.88 Å². The van der Waals surface area contributed by atoms with Gasteiger partial charge in [-0.05, 0) is 48.2 Å². The van der Waals surface area contributed by atoms with Crippen LogP contribution in [0.15, 0.2) is 51.9 Å². The molecule has 1 aliphatic heterocycles. The van der Waals surface area contributed by atoms with Crippen molar-refractivity contribution in [2.75, 3.05) is 13.1 Å². The van der Waals surface area contributed by atoms with Gasteiger partial charge in [-0.25, -0.2) is 4.39 Å². The summed E-state index contributed by atoms with van der Waals surface area (Å²) in [6, 6.07) is 9.34. The zero-order valence-electron chi connectivity index (χ0n) is 12.8. The molecule has 1 atom stereocenters. The molecule has 5 nitrogen and oxygen atoms in total. The SMILES string of the molecule is O=C(c1cc2ccc(F)cc2[nH]c1=O)N1CCC(c2ccco2)C1. The number of H-pyrrole nitrogens is 1. The lowest BCUT2D eigenvalue weighted by atomic mass is 10.1. The first-order valence-electron chi connectivity index (χ1n) is 7.77. The third-order valence-electron chi connectivity index (χ3n) is 4.46. The largest absolute Gasteiger partial charge is 0.469 e. The van der Waals surface area contributed by atoms with E-state index in [1.807, 2.05) is 12.1 Å². The number of benzene rings is 1. The maximum Gasteiger partial charge on any atom is 0.261 e. The van der Waals surface area contributed by atoms with Gasteiger partial charge in [-0.15, -0.1) is 0 Å². The van der Waals surface area contributed by atoms with Crippen LogP contribution in [0.25, 0.3) is 10.9 Å². The normalized spacial score (nSPS) is 17.5. The number of hydrogen-bond acceptors (Lipinski definition) is 3. The number of pyridine rings is 1. The van der Waals surface area contributed by atoms with Crippen LogP contribution in [0.1, 0.15) is 28.5 Å². The van der Waals surface area contributed by atoms with Crippen LogP contribution in [0.5, 0.6) is 0 Å². The van der Waals surface area contributed by atoms with Crippen LogP contribution in [0, 0.1) is 5.82 Å². The van der Waals surface area contributed by atoms with Crippen molar-refractivity contribution in [3.05, 3.63) is 70.2 Å². The molecule has 0 aliphatic carbocycles. The number of nitrogens with zero attached hydrogens (tertiary/aromatic N) is 1. The molecule has 1 N–H and O–H groups in total. The molecule has 1 saturated heterocycles. The second-order valence-electron chi connectivity index (χ2n) is 6.00. The second-order valence-corrected chi connectivity index (χ2v) is 6.00. The summed E-state index contributed by atoms with van der Waals surface area (Å²) in [5, 5.41) is 0.626. The van der Waals surface area contributed by atoms with E-state index in [-0.39, 0.29) is 17.4 Å². The third kappa shape index (κ3) is 2.50. The summed E-state index contributed by atoms with van der Waals surface area (Å²) in [6.45, 7) is 1.10. The minimum Gasteiger partial charge on any atom is -0.469 e. The molecule has 0 spiro atoms. The first-order chi connectivity index (χ1) is 11.6. The van der Waals surface area contributed by atoms with E-state index in [1.54, 1.807) is 17.2 Å². The lowest BCUT2D eigenvalue weighted by Gasteiger charge is -2.16. The smallest absolute Gasteiger partial charge is 0.261 e. The van der Waals surface area contributed by atoms with Gasteiger partial charge in [-0.1, -0.05) is 0 Å². The highest BCUT2D eigenvalue weighted by Crippen LogP contribution is 2.28. The Bertz CT molecular complexity index is 962. The number of amides is 1. The van der Waals surface area contributed by atoms with Crippen molar-refractivity contribution in [1.29, 1.82) is 0 Å². The number of furan rings is 1. The first-order valence-corrected chi connectivity index (χ1v) is 7.77. The van der Waals surface area contributed by atoms with E-state index in [0.29, 0.717) is 24.0 Å². The Labute approximate surface area is 136 Å². The van der Waals surface area contributed by atoms with Gasteiger partial charge in [-0.2, -0.15) is 0 Å². The zero-order chi connectivity index (χ0) is 16.7. The van der Waals surface area contributed by atoms with Gasteiger partial charge >= 0.3 is 0 Å². The van der Waals surface area contributed by atoms with Crippen LogP contribution in [0.2, 0.25) is 0 Å². The summed E-state index contributed by atoms with van der Waals surface area (Å²) in [6.07, 6.45) is 2.42. The molecule has 3 aromatic rings. The highest BCUT2D eigenvalue weighted by atomic mass is 19.1. The average Bonchev–Trinajstić information content (AvgIpc) is 3.24. The van der Waals surface area contributed by atoms with Crippen LogP contribution < -0.4 is 5.56 Å². The Morgan fingerprint density at radius 1 is 1.29 bits per heavy atom. The van der Waals surface area contributed by atoms with Crippen molar-refractivity contribution in [3.63, 3.8) is 0 Å². The quantitative estimate of drug-likeness (QED) is 0.787. The van der Waals surface area contributed by atoms with Gasteiger partial charge in [0.25, 0.3) is 11.5 Å². The zero-order valence-corrected chi connectivity index (χ0v) is 12.8. The van der Waals surface area contributed by atoms with Crippen molar-refractivity contribution >= 4 is 16.8 Å². The van der Waals surface area contributed by atoms with Crippen LogP contribution in [0.3, 0.4) is 0 Å². The Kier molecular flexibility index (Phi) is 3.45. The lowest BCUT2D eigenvalue weighted by molar-refractivity contribution is 0.0788. The minimum absolute atomic E-state index is 0.0780. The number of rotatable bonds is 2. The molecule has 1 amide bonds. The van der Waals surface area contributed by atoms with Gasteiger partial charge in [0.1, 0.15) is 17.1 Å². The fourth-order valence-corrected chi connectivity index (χ4v) is 3.20. The van der Waals surface area contributed by atoms with E-state index < -0.39 is 11.4 Å². The Balaban J connectivity index is 1.63. The van der Waals surface area contributed by atoms with Gasteiger partial charge in [0.15, 0.2) is 0 Å². The van der Waals surface area contributed by atoms with Crippen LogP contribution in [-0.2, 0) is 0 Å². The molecule has 6 heteroatoms. The molecule has 1 fully saturated rings. The fraction of sp³-hybridized carbons (Fsp3) is 0.222. The topological polar surface area (TPSA) is 66.3 Å². The third-order valence-corrected chi connectivity index (χ3v) is 4.46. The molecule has 3 heterocycles. The number of carbonyl (C=O) groups excluding carboxylic acids is 1. The maximum absolute atomic E-state index is 13.2. The Morgan fingerprint density at radius 3 is 2.96 bits per heavy atom. The molecule has 1 aliphatic rings. The van der Waals surface area contributed by atoms with Gasteiger partial charge < -0.3 is 14.3 Å². The van der Waals surface area contributed by atoms with E-state index in [1.165, 1.54) is 18.2 Å². The molecule has 24 heavy (non-hydrogen) atoms. The van der Waals surface area contributed by atoms with Gasteiger partial charge in [0, 0.05) is 19.0 Å². The molecule has 0 bridgehead atoms. The van der Waals surface area contributed by atoms with E-state index in [4.69, 9.17) is 4.42 Å². The highest BCUT2D eigenvalue weighted by molar-refractivity contribution is 5.97. The molecular formula is C18H15FN2O3. The van der Waals surface area contributed by atoms with E-state index >= 15 is 0 Å². The fourth-order valence-electron chi connectivity index (χ4n) is 3.20. The summed E-state index contributed by atoms with van der Waals surface area (Å²) in [4.78, 5) is 29.1. The summed E-state index contributed by atoms with van der Waals surface area (Å²) in [7, 11) is 0. The highest BCUT2D eigenvalue weighted by Gasteiger charge is 2.30. The second kappa shape index (κ2) is 5.63. The van der Waals surface area contributed by atoms with E-state index in [9.17, 15) is 14.0 Å². The average molecular weight is 326 g/mol. The summed E-state index contributed by atoms with van der Waals surface area (Å²) >= 11 is 0. The molecule has 1 aromatic carbocycles. The summed E-state index contributed by atoms with van der Waals surface area (Å²) in [5.41, 5.74) is -0.0415. The van der Waals surface area contributed by atoms with Gasteiger partial charge in [-0.3, -0.25) is 9.59 Å². The lowest BCUT2D eigenvalue weighted by Crippen LogP contribution is -2.33. The van der Waals surface area contributed by atoms with E-state index in [0.717, 1.165) is 12.2 Å². The number of aromatic amines is 1. The number of aromatic nitrogens is 1. The number of fused-ring (bicyclic) bond motifs is 1. The van der Waals surface area contributed by atoms with Crippen molar-refractivity contribution < 1.29 is 13.6 Å². The summed E-state index contributed by atoms with van der Waals surface area (Å²) < 4.78 is 18.6. The first kappa shape index (κ1) is 14.7. The van der Waals surface area contributed by atoms with Crippen LogP contribution >= 0.6 is 0 Å². The maximum atomic E-state index is 13.2. The monoisotopic (exact) mass is 326 g/mol. The minimum atomic E-state index is -0.500. The van der Waals surface area contributed by atoms with Crippen LogP contribution in [-0.4, -0.2) is 28.9 Å². The molecule has 0 radical (unpaired) electrons. The predicted octanol–water partition coefficient (Wildman–Crippen LogP) is 2.89. The van der Waals surface area contributed by atoms with E-state index in [2.05, 4.69) is 4.98 Å². The summed E-state index contributed by atoms with van der Waals surface area (Å²) in [5.74, 6) is 0.264. The number of likely N-dealkylation sites (tertiary alicyclic amines) is 1. The molecular weight excluding hydrogens is 311 g/mol. The standard InChI is InChI=1S/C18H15FN2O3/c19-13-4-3-11-8-14(17(22)20-15(11)9-13)18(23)21-6-5-12(10-21)16-2-1-7-24-16/h1-4,7-9,12H,5-6,10H2,(H,20,22). The number of hydrogen-bond donors (Lipinski definition) is 1.